The van der Waals surface area contributed by atoms with Gasteiger partial charge in [-0.1, -0.05) is 47.8 Å². The van der Waals surface area contributed by atoms with Gasteiger partial charge in [0.25, 0.3) is 0 Å². The molecule has 0 aliphatic carbocycles. The Morgan fingerprint density at radius 3 is 1.00 bits per heavy atom. The normalized spacial score (nSPS) is 10.8. The van der Waals surface area contributed by atoms with E-state index < -0.39 is 0 Å². The summed E-state index contributed by atoms with van der Waals surface area (Å²) in [6, 6.07) is 47.0. The summed E-state index contributed by atoms with van der Waals surface area (Å²) in [5, 5.41) is 0. The number of benzene rings is 6. The molecule has 0 unspecified atom stereocenters. The zero-order valence-corrected chi connectivity index (χ0v) is 31.0. The molecule has 8 heteroatoms. The summed E-state index contributed by atoms with van der Waals surface area (Å²) in [6.07, 6.45) is 3.67. The highest BCUT2D eigenvalue weighted by Gasteiger charge is 2.03. The highest BCUT2D eigenvalue weighted by atomic mass is 32.2. The number of ketones is 2. The highest BCUT2D eigenvalue weighted by molar-refractivity contribution is 7.99. The first-order chi connectivity index (χ1) is 25.3. The predicted octanol–water partition coefficient (Wildman–Crippen LogP) is 11.6. The topological polar surface area (TPSA) is 77.3 Å². The molecule has 0 saturated carbocycles. The summed E-state index contributed by atoms with van der Waals surface area (Å²) in [5.41, 5.74) is 5.31. The smallest absolute Gasteiger partial charge is 0.159 e. The minimum absolute atomic E-state index is 0.0839. The first-order valence-corrected chi connectivity index (χ1v) is 18.1. The SMILES string of the molecule is COc1ccc(C=Nc2ccc(Sc3ccc(C(C)=O)cc3)cc2)cc1.COc1ccc(C=Nc2ccc(Sc3ccc(C(C)=O)cc3)cc2)cc1. The number of methoxy groups -OCH3 is 2. The van der Waals surface area contributed by atoms with Gasteiger partial charge in [-0.3, -0.25) is 19.6 Å². The Morgan fingerprint density at radius 1 is 0.442 bits per heavy atom. The average molecular weight is 723 g/mol. The average Bonchev–Trinajstić information content (AvgIpc) is 3.18. The van der Waals surface area contributed by atoms with Crippen LogP contribution in [0.15, 0.2) is 175 Å². The van der Waals surface area contributed by atoms with Gasteiger partial charge in [0.05, 0.1) is 25.6 Å². The summed E-state index contributed by atoms with van der Waals surface area (Å²) < 4.78 is 10.3. The van der Waals surface area contributed by atoms with E-state index in [4.69, 9.17) is 9.47 Å². The Kier molecular flexibility index (Phi) is 13.8. The summed E-state index contributed by atoms with van der Waals surface area (Å²) >= 11 is 3.32. The lowest BCUT2D eigenvalue weighted by Gasteiger charge is -2.03. The van der Waals surface area contributed by atoms with Gasteiger partial charge < -0.3 is 9.47 Å². The number of Topliss-reactive ketones (excluding diaryl/α,β-unsaturated/α-hetero) is 2. The third kappa shape index (κ3) is 11.7. The zero-order chi connectivity index (χ0) is 36.7. The molecular weight excluding hydrogens is 685 g/mol. The molecule has 260 valence electrons. The molecule has 52 heavy (non-hydrogen) atoms. The maximum atomic E-state index is 11.3. The van der Waals surface area contributed by atoms with Gasteiger partial charge in [0.2, 0.25) is 0 Å². The van der Waals surface area contributed by atoms with E-state index in [0.717, 1.165) is 64.7 Å². The van der Waals surface area contributed by atoms with Crippen LogP contribution < -0.4 is 9.47 Å². The van der Waals surface area contributed by atoms with Crippen LogP contribution in [-0.4, -0.2) is 38.2 Å². The van der Waals surface area contributed by atoms with E-state index in [1.165, 1.54) is 0 Å². The second-order valence-electron chi connectivity index (χ2n) is 11.4. The van der Waals surface area contributed by atoms with E-state index >= 15 is 0 Å². The van der Waals surface area contributed by atoms with E-state index in [9.17, 15) is 9.59 Å². The Hall–Kier alpha value is -5.70. The molecule has 6 aromatic carbocycles. The molecule has 0 N–H and O–H groups in total. The van der Waals surface area contributed by atoms with Crippen LogP contribution >= 0.6 is 23.5 Å². The molecule has 0 spiro atoms. The van der Waals surface area contributed by atoms with Crippen molar-refractivity contribution in [2.45, 2.75) is 33.4 Å². The molecule has 6 rings (SSSR count). The summed E-state index contributed by atoms with van der Waals surface area (Å²) in [4.78, 5) is 36.1. The van der Waals surface area contributed by atoms with E-state index in [2.05, 4.69) is 9.98 Å². The number of ether oxygens (including phenoxy) is 2. The molecule has 0 bridgehead atoms. The quantitative estimate of drug-likeness (QED) is 0.0924. The molecule has 0 heterocycles. The molecule has 0 aromatic heterocycles. The lowest BCUT2D eigenvalue weighted by atomic mass is 10.2. The van der Waals surface area contributed by atoms with E-state index in [1.54, 1.807) is 51.6 Å². The zero-order valence-electron chi connectivity index (χ0n) is 29.4. The van der Waals surface area contributed by atoms with Crippen LogP contribution in [0.3, 0.4) is 0 Å². The lowest BCUT2D eigenvalue weighted by Crippen LogP contribution is -1.90. The second-order valence-corrected chi connectivity index (χ2v) is 13.7. The van der Waals surface area contributed by atoms with Crippen LogP contribution in [0.4, 0.5) is 11.4 Å². The third-order valence-electron chi connectivity index (χ3n) is 7.62. The van der Waals surface area contributed by atoms with Crippen LogP contribution in [0, 0.1) is 0 Å². The summed E-state index contributed by atoms with van der Waals surface area (Å²) in [6.45, 7) is 3.15. The van der Waals surface area contributed by atoms with Gasteiger partial charge in [-0.05, 0) is 146 Å². The molecule has 6 nitrogen and oxygen atoms in total. The first-order valence-electron chi connectivity index (χ1n) is 16.4. The van der Waals surface area contributed by atoms with Crippen molar-refractivity contribution in [2.75, 3.05) is 14.2 Å². The Balaban J connectivity index is 0.000000201. The second kappa shape index (κ2) is 19.1. The number of hydrogen-bond acceptors (Lipinski definition) is 8. The van der Waals surface area contributed by atoms with E-state index in [0.29, 0.717) is 0 Å². The van der Waals surface area contributed by atoms with Gasteiger partial charge in [0.1, 0.15) is 11.5 Å². The van der Waals surface area contributed by atoms with Crippen LogP contribution in [-0.2, 0) is 0 Å². The fourth-order valence-electron chi connectivity index (χ4n) is 4.67. The molecule has 0 saturated heterocycles. The van der Waals surface area contributed by atoms with Gasteiger partial charge in [0, 0.05) is 43.1 Å². The van der Waals surface area contributed by atoms with E-state index in [1.807, 2.05) is 158 Å². The van der Waals surface area contributed by atoms with Crippen molar-refractivity contribution in [1.29, 1.82) is 0 Å². The van der Waals surface area contributed by atoms with Crippen LogP contribution in [0.25, 0.3) is 0 Å². The summed E-state index contributed by atoms with van der Waals surface area (Å²) in [5.74, 6) is 1.83. The van der Waals surface area contributed by atoms with E-state index in [-0.39, 0.29) is 11.6 Å². The number of rotatable bonds is 12. The summed E-state index contributed by atoms with van der Waals surface area (Å²) in [7, 11) is 3.31. The van der Waals surface area contributed by atoms with Gasteiger partial charge >= 0.3 is 0 Å². The van der Waals surface area contributed by atoms with Crippen molar-refractivity contribution in [3.63, 3.8) is 0 Å². The van der Waals surface area contributed by atoms with Gasteiger partial charge in [0.15, 0.2) is 11.6 Å². The fraction of sp³-hybridized carbons (Fsp3) is 0.0909. The van der Waals surface area contributed by atoms with Crippen LogP contribution in [0.1, 0.15) is 45.7 Å². The third-order valence-corrected chi connectivity index (χ3v) is 9.65. The molecule has 0 fully saturated rings. The number of nitrogens with zero attached hydrogens (tertiary/aromatic N) is 2. The molecule has 0 radical (unpaired) electrons. The maximum Gasteiger partial charge on any atom is 0.159 e. The molecular formula is C44H38N2O4S2. The Labute approximate surface area is 313 Å². The number of aliphatic imine (C=N–C) groups is 2. The van der Waals surface area contributed by atoms with Crippen LogP contribution in [0.2, 0.25) is 0 Å². The maximum absolute atomic E-state index is 11.3. The van der Waals surface area contributed by atoms with Crippen LogP contribution in [0.5, 0.6) is 11.5 Å². The fourth-order valence-corrected chi connectivity index (χ4v) is 6.30. The number of carbonyl (C=O) groups is 2. The van der Waals surface area contributed by atoms with Crippen molar-refractivity contribution >= 4 is 58.9 Å². The van der Waals surface area contributed by atoms with Gasteiger partial charge in [-0.15, -0.1) is 0 Å². The minimum atomic E-state index is 0.0839. The van der Waals surface area contributed by atoms with Crippen molar-refractivity contribution in [3.8, 4) is 11.5 Å². The molecule has 0 amide bonds. The van der Waals surface area contributed by atoms with Crippen molar-refractivity contribution in [2.24, 2.45) is 9.98 Å². The number of carbonyl (C=O) groups excluding carboxylic acids is 2. The first kappa shape index (κ1) is 37.6. The standard InChI is InChI=1S/2C22H19NO2S/c2*1-16(24)18-5-11-21(12-6-18)26-22-13-7-19(8-14-22)23-15-17-3-9-20(25-2)10-4-17/h2*3-15H,1-2H3. The minimum Gasteiger partial charge on any atom is -0.497 e. The van der Waals surface area contributed by atoms with Crippen molar-refractivity contribution in [1.82, 2.24) is 0 Å². The van der Waals surface area contributed by atoms with Crippen molar-refractivity contribution < 1.29 is 19.1 Å². The Bertz CT molecular complexity index is 1950. The highest BCUT2D eigenvalue weighted by Crippen LogP contribution is 2.30. The van der Waals surface area contributed by atoms with Gasteiger partial charge in [-0.25, -0.2) is 0 Å². The molecule has 0 aliphatic heterocycles. The van der Waals surface area contributed by atoms with Gasteiger partial charge in [-0.2, -0.15) is 0 Å². The van der Waals surface area contributed by atoms with Crippen molar-refractivity contribution in [3.05, 3.63) is 168 Å². The predicted molar refractivity (Wildman–Crippen MR) is 215 cm³/mol. The monoisotopic (exact) mass is 722 g/mol. The molecule has 0 atom stereocenters. The lowest BCUT2D eigenvalue weighted by molar-refractivity contribution is 0.100. The Morgan fingerprint density at radius 2 is 0.731 bits per heavy atom. The largest absolute Gasteiger partial charge is 0.497 e. The molecule has 6 aromatic rings. The number of hydrogen-bond donors (Lipinski definition) is 0. The molecule has 0 aliphatic rings.